The minimum atomic E-state index is 0.00398. The molecule has 3 unspecified atom stereocenters. The number of methoxy groups -OCH3 is 1. The first-order valence-corrected chi connectivity index (χ1v) is 15.8. The Hall–Kier alpha value is -4.83. The van der Waals surface area contributed by atoms with Gasteiger partial charge in [0.15, 0.2) is 5.82 Å². The molecule has 1 amide bonds. The number of rotatable bonds is 6. The normalized spacial score (nSPS) is 21.0. The van der Waals surface area contributed by atoms with Crippen molar-refractivity contribution >= 4 is 39.0 Å². The molecule has 2 N–H and O–H groups in total. The van der Waals surface area contributed by atoms with Crippen LogP contribution in [0.25, 0.3) is 55.9 Å². The van der Waals surface area contributed by atoms with Gasteiger partial charge in [-0.05, 0) is 80.0 Å². The summed E-state index contributed by atoms with van der Waals surface area (Å²) in [6, 6.07) is 16.4. The highest BCUT2D eigenvalue weighted by Crippen LogP contribution is 2.40. The van der Waals surface area contributed by atoms with Crippen molar-refractivity contribution in [1.82, 2.24) is 34.0 Å². The number of benzene rings is 2. The number of aryl methyl sites for hydroxylation is 1. The lowest BCUT2D eigenvalue weighted by Crippen LogP contribution is -2.41. The Morgan fingerprint density at radius 2 is 1.80 bits per heavy atom. The number of hydrogen-bond acceptors (Lipinski definition) is 7. The third-order valence-electron chi connectivity index (χ3n) is 10.2. The Bertz CT molecular complexity index is 2160. The molecular weight excluding hydrogens is 564 g/mol. The van der Waals surface area contributed by atoms with E-state index in [4.69, 9.17) is 20.4 Å². The van der Waals surface area contributed by atoms with Gasteiger partial charge in [0.2, 0.25) is 0 Å². The van der Waals surface area contributed by atoms with Crippen LogP contribution in [-0.2, 0) is 13.6 Å². The molecule has 5 heterocycles. The molecule has 9 rings (SSSR count). The van der Waals surface area contributed by atoms with E-state index in [-0.39, 0.29) is 18.0 Å². The van der Waals surface area contributed by atoms with Crippen molar-refractivity contribution in [1.29, 1.82) is 0 Å². The van der Waals surface area contributed by atoms with Crippen molar-refractivity contribution in [3.8, 4) is 28.5 Å². The highest BCUT2D eigenvalue weighted by atomic mass is 16.5. The minimum absolute atomic E-state index is 0.00398. The molecule has 2 bridgehead atoms. The zero-order chi connectivity index (χ0) is 30.4. The number of hydrogen-bond donors (Lipinski definition) is 1. The lowest BCUT2D eigenvalue weighted by atomic mass is 10.1. The Morgan fingerprint density at radius 1 is 0.956 bits per heavy atom. The summed E-state index contributed by atoms with van der Waals surface area (Å²) in [4.78, 5) is 34.9. The molecule has 4 aromatic heterocycles. The van der Waals surface area contributed by atoms with E-state index in [1.165, 1.54) is 12.8 Å². The summed E-state index contributed by atoms with van der Waals surface area (Å²) in [5.74, 6) is 2.47. The molecule has 0 spiro atoms. The first kappa shape index (κ1) is 26.6. The van der Waals surface area contributed by atoms with E-state index in [0.717, 1.165) is 81.8 Å². The highest BCUT2D eigenvalue weighted by molar-refractivity contribution is 6.00. The van der Waals surface area contributed by atoms with Gasteiger partial charge in [-0.25, -0.2) is 9.97 Å². The van der Waals surface area contributed by atoms with Crippen LogP contribution in [0.4, 0.5) is 0 Å². The summed E-state index contributed by atoms with van der Waals surface area (Å²) in [6.07, 6.45) is 7.93. The second-order valence-electron chi connectivity index (χ2n) is 12.9. The standard InChI is InChI=1S/C35H34N8O2/c1-41-32-27(14-23(16-30(32)45-2)35(44)43-18-22-7-10-28(43)31(22)36)40-34(41)29-15-21-6-8-24(39-33(21)42(29)17-19-3-4-19)20-5-9-25-26(13-20)38-12-11-37-25/h5-6,8-9,11-16,19,22,28,31H,3-4,7,10,17-18,36H2,1-2H3. The van der Waals surface area contributed by atoms with Crippen LogP contribution in [0.1, 0.15) is 36.0 Å². The quantitative estimate of drug-likeness (QED) is 0.281. The molecule has 1 aliphatic heterocycles. The zero-order valence-electron chi connectivity index (χ0n) is 25.3. The summed E-state index contributed by atoms with van der Waals surface area (Å²) in [6.45, 7) is 1.60. The van der Waals surface area contributed by atoms with Crippen molar-refractivity contribution in [3.63, 3.8) is 0 Å². The van der Waals surface area contributed by atoms with Gasteiger partial charge in [0.25, 0.3) is 5.91 Å². The number of ether oxygens (including phenoxy) is 1. The van der Waals surface area contributed by atoms with Crippen molar-refractivity contribution in [2.24, 2.45) is 24.6 Å². The molecule has 2 aliphatic carbocycles. The highest BCUT2D eigenvalue weighted by Gasteiger charge is 2.47. The Kier molecular flexibility index (Phi) is 5.81. The van der Waals surface area contributed by atoms with Gasteiger partial charge in [0.1, 0.15) is 16.9 Å². The van der Waals surface area contributed by atoms with Gasteiger partial charge in [-0.3, -0.25) is 14.8 Å². The predicted octanol–water partition coefficient (Wildman–Crippen LogP) is 5.18. The van der Waals surface area contributed by atoms with Crippen LogP contribution in [-0.4, -0.2) is 65.6 Å². The van der Waals surface area contributed by atoms with Gasteiger partial charge < -0.3 is 24.5 Å². The van der Waals surface area contributed by atoms with Crippen molar-refractivity contribution in [2.75, 3.05) is 13.7 Å². The van der Waals surface area contributed by atoms with E-state index in [2.05, 4.69) is 43.4 Å². The number of amides is 1. The van der Waals surface area contributed by atoms with Crippen LogP contribution < -0.4 is 10.5 Å². The SMILES string of the molecule is COc1cc(C(=O)N2CC3CCC2C3N)cc2nc(-c3cc4ccc(-c5ccc6nccnc6c5)nc4n3CC3CC3)n(C)c12. The van der Waals surface area contributed by atoms with Crippen LogP contribution in [0.15, 0.2) is 60.9 Å². The van der Waals surface area contributed by atoms with Crippen LogP contribution in [0.3, 0.4) is 0 Å². The summed E-state index contributed by atoms with van der Waals surface area (Å²) < 4.78 is 10.3. The van der Waals surface area contributed by atoms with Gasteiger partial charge in [0, 0.05) is 61.1 Å². The van der Waals surface area contributed by atoms with Crippen molar-refractivity contribution < 1.29 is 9.53 Å². The van der Waals surface area contributed by atoms with Crippen molar-refractivity contribution in [2.45, 2.75) is 44.3 Å². The molecule has 1 saturated heterocycles. The van der Waals surface area contributed by atoms with E-state index >= 15 is 0 Å². The van der Waals surface area contributed by atoms with Crippen LogP contribution >= 0.6 is 0 Å². The summed E-state index contributed by atoms with van der Waals surface area (Å²) in [5.41, 5.74) is 14.1. The minimum Gasteiger partial charge on any atom is -0.494 e. The molecule has 45 heavy (non-hydrogen) atoms. The number of nitrogens with two attached hydrogens (primary N) is 1. The molecule has 3 atom stereocenters. The van der Waals surface area contributed by atoms with Gasteiger partial charge in [-0.2, -0.15) is 0 Å². The maximum absolute atomic E-state index is 13.7. The first-order valence-electron chi connectivity index (χ1n) is 15.8. The predicted molar refractivity (Wildman–Crippen MR) is 173 cm³/mol. The third kappa shape index (κ3) is 4.15. The molecule has 226 valence electrons. The smallest absolute Gasteiger partial charge is 0.254 e. The maximum atomic E-state index is 13.7. The number of fused-ring (bicyclic) bond motifs is 5. The van der Waals surface area contributed by atoms with Crippen LogP contribution in [0.5, 0.6) is 5.75 Å². The number of pyridine rings is 1. The van der Waals surface area contributed by atoms with Gasteiger partial charge in [-0.15, -0.1) is 0 Å². The molecular formula is C35H34N8O2. The summed E-state index contributed by atoms with van der Waals surface area (Å²) in [7, 11) is 3.67. The topological polar surface area (TPSA) is 117 Å². The second kappa shape index (κ2) is 9.84. The average molecular weight is 599 g/mol. The maximum Gasteiger partial charge on any atom is 0.254 e. The van der Waals surface area contributed by atoms with E-state index < -0.39 is 0 Å². The first-order chi connectivity index (χ1) is 22.0. The number of likely N-dealkylation sites (tertiary alicyclic amines) is 1. The lowest BCUT2D eigenvalue weighted by Gasteiger charge is -2.27. The Balaban J connectivity index is 1.15. The van der Waals surface area contributed by atoms with Crippen LogP contribution in [0.2, 0.25) is 0 Å². The molecule has 0 radical (unpaired) electrons. The molecule has 10 heteroatoms. The van der Waals surface area contributed by atoms with Crippen molar-refractivity contribution in [3.05, 3.63) is 66.5 Å². The molecule has 3 fully saturated rings. The number of aromatic nitrogens is 6. The number of nitrogens with zero attached hydrogens (tertiary/aromatic N) is 7. The average Bonchev–Trinajstić information content (AvgIpc) is 3.47. The van der Waals surface area contributed by atoms with Gasteiger partial charge in [0.05, 0.1) is 35.0 Å². The fourth-order valence-corrected chi connectivity index (χ4v) is 7.61. The van der Waals surface area contributed by atoms with E-state index in [1.807, 2.05) is 36.2 Å². The molecule has 6 aromatic rings. The van der Waals surface area contributed by atoms with E-state index in [0.29, 0.717) is 23.1 Å². The Labute approximate surface area is 259 Å². The molecule has 2 aromatic carbocycles. The number of carbonyl (C=O) groups excluding carboxylic acids is 1. The summed E-state index contributed by atoms with van der Waals surface area (Å²) >= 11 is 0. The van der Waals surface area contributed by atoms with Gasteiger partial charge >= 0.3 is 0 Å². The number of imidazole rings is 1. The Morgan fingerprint density at radius 3 is 2.56 bits per heavy atom. The number of piperidine rings is 1. The zero-order valence-corrected chi connectivity index (χ0v) is 25.3. The third-order valence-corrected chi connectivity index (χ3v) is 10.2. The second-order valence-corrected chi connectivity index (χ2v) is 12.9. The molecule has 2 saturated carbocycles. The molecule has 3 aliphatic rings. The fraction of sp³-hybridized carbons (Fsp3) is 0.343. The fourth-order valence-electron chi connectivity index (χ4n) is 7.61. The number of carbonyl (C=O) groups is 1. The molecule has 10 nitrogen and oxygen atoms in total. The van der Waals surface area contributed by atoms with E-state index in [9.17, 15) is 4.79 Å². The van der Waals surface area contributed by atoms with Crippen LogP contribution in [0, 0.1) is 11.8 Å². The van der Waals surface area contributed by atoms with E-state index in [1.54, 1.807) is 19.5 Å². The summed E-state index contributed by atoms with van der Waals surface area (Å²) in [5, 5.41) is 1.06. The van der Waals surface area contributed by atoms with Gasteiger partial charge in [-0.1, -0.05) is 6.07 Å². The lowest BCUT2D eigenvalue weighted by molar-refractivity contribution is 0.0700. The largest absolute Gasteiger partial charge is 0.494 e. The monoisotopic (exact) mass is 598 g/mol.